The largest absolute Gasteiger partial charge is 0.493 e. The third kappa shape index (κ3) is 4.98. The Kier molecular flexibility index (Phi) is 7.27. The van der Waals surface area contributed by atoms with E-state index in [4.69, 9.17) is 26.8 Å². The fourth-order valence-corrected chi connectivity index (χ4v) is 4.98. The van der Waals surface area contributed by atoms with Gasteiger partial charge in [-0.2, -0.15) is 0 Å². The topological polar surface area (TPSA) is 98.9 Å². The molecule has 3 aromatic rings. The Balaban J connectivity index is 2.12. The molecule has 2 N–H and O–H groups in total. The van der Waals surface area contributed by atoms with Crippen molar-refractivity contribution in [3.05, 3.63) is 82.9 Å². The number of amides is 1. The Hall–Kier alpha value is -3.23. The van der Waals surface area contributed by atoms with Crippen LogP contribution < -0.4 is 19.5 Å². The highest BCUT2D eigenvalue weighted by Crippen LogP contribution is 2.34. The van der Waals surface area contributed by atoms with Crippen molar-refractivity contribution in [2.24, 2.45) is 5.73 Å². The molecule has 0 saturated heterocycles. The van der Waals surface area contributed by atoms with E-state index in [1.54, 1.807) is 30.3 Å². The molecule has 0 saturated carbocycles. The second-order valence-corrected chi connectivity index (χ2v) is 9.16. The van der Waals surface area contributed by atoms with E-state index in [0.717, 1.165) is 9.87 Å². The zero-order valence-corrected chi connectivity index (χ0v) is 19.2. The lowest BCUT2D eigenvalue weighted by Crippen LogP contribution is -2.39. The number of anilines is 1. The van der Waals surface area contributed by atoms with Gasteiger partial charge in [0.15, 0.2) is 11.5 Å². The third-order valence-corrected chi connectivity index (χ3v) is 6.97. The first-order valence-corrected chi connectivity index (χ1v) is 11.4. The average molecular weight is 475 g/mol. The molecule has 0 bridgehead atoms. The standard InChI is InChI=1S/C23H23ClN2O5S/c1-30-21-12-11-18(14-22(21)31-2)32(28,29)26(15-23(25)27)20-10-6-4-8-17(20)13-16-7-3-5-9-19(16)24/h3-12,14H,13,15H2,1-2H3,(H2,25,27). The normalized spacial score (nSPS) is 11.1. The predicted octanol–water partition coefficient (Wildman–Crippen LogP) is 3.63. The van der Waals surface area contributed by atoms with E-state index in [9.17, 15) is 13.2 Å². The number of carbonyl (C=O) groups is 1. The van der Waals surface area contributed by atoms with Crippen molar-refractivity contribution in [2.45, 2.75) is 11.3 Å². The molecule has 0 unspecified atom stereocenters. The van der Waals surface area contributed by atoms with Crippen molar-refractivity contribution in [1.82, 2.24) is 0 Å². The van der Waals surface area contributed by atoms with E-state index in [2.05, 4.69) is 0 Å². The Morgan fingerprint density at radius 3 is 2.19 bits per heavy atom. The van der Waals surface area contributed by atoms with E-state index >= 15 is 0 Å². The van der Waals surface area contributed by atoms with Crippen LogP contribution in [0.2, 0.25) is 5.02 Å². The number of para-hydroxylation sites is 1. The van der Waals surface area contributed by atoms with Crippen LogP contribution in [0.25, 0.3) is 0 Å². The summed E-state index contributed by atoms with van der Waals surface area (Å²) in [5.74, 6) is -0.162. The molecule has 0 radical (unpaired) electrons. The average Bonchev–Trinajstić information content (AvgIpc) is 2.78. The molecule has 3 aromatic carbocycles. The van der Waals surface area contributed by atoms with Gasteiger partial charge < -0.3 is 15.2 Å². The van der Waals surface area contributed by atoms with Gasteiger partial charge in [-0.05, 0) is 35.4 Å². The number of sulfonamides is 1. The first-order valence-electron chi connectivity index (χ1n) is 9.62. The minimum Gasteiger partial charge on any atom is -0.493 e. The number of rotatable bonds is 9. The first-order chi connectivity index (χ1) is 15.3. The fourth-order valence-electron chi connectivity index (χ4n) is 3.30. The van der Waals surface area contributed by atoms with Gasteiger partial charge in [0.05, 0.1) is 24.8 Å². The van der Waals surface area contributed by atoms with Crippen molar-refractivity contribution in [1.29, 1.82) is 0 Å². The summed E-state index contributed by atoms with van der Waals surface area (Å²) in [6.45, 7) is -0.532. The Morgan fingerprint density at radius 2 is 1.56 bits per heavy atom. The van der Waals surface area contributed by atoms with Gasteiger partial charge in [0.1, 0.15) is 6.54 Å². The van der Waals surface area contributed by atoms with Gasteiger partial charge >= 0.3 is 0 Å². The van der Waals surface area contributed by atoms with E-state index in [1.807, 2.05) is 18.2 Å². The maximum atomic E-state index is 13.6. The van der Waals surface area contributed by atoms with Crippen molar-refractivity contribution in [3.8, 4) is 11.5 Å². The van der Waals surface area contributed by atoms with Crippen molar-refractivity contribution >= 4 is 33.2 Å². The lowest BCUT2D eigenvalue weighted by Gasteiger charge is -2.26. The van der Waals surface area contributed by atoms with Gasteiger partial charge in [-0.25, -0.2) is 8.42 Å². The molecule has 0 atom stereocenters. The van der Waals surface area contributed by atoms with Crippen molar-refractivity contribution in [2.75, 3.05) is 25.1 Å². The molecular weight excluding hydrogens is 452 g/mol. The van der Waals surface area contributed by atoms with Crippen LogP contribution in [0, 0.1) is 0 Å². The zero-order chi connectivity index (χ0) is 23.3. The summed E-state index contributed by atoms with van der Waals surface area (Å²) in [7, 11) is -1.30. The minimum atomic E-state index is -4.17. The molecule has 9 heteroatoms. The van der Waals surface area contributed by atoms with Crippen LogP contribution in [0.1, 0.15) is 11.1 Å². The van der Waals surface area contributed by atoms with E-state index in [1.165, 1.54) is 32.4 Å². The summed E-state index contributed by atoms with van der Waals surface area (Å²) in [5.41, 5.74) is 7.25. The number of nitrogens with zero attached hydrogens (tertiary/aromatic N) is 1. The predicted molar refractivity (Wildman–Crippen MR) is 124 cm³/mol. The number of nitrogens with two attached hydrogens (primary N) is 1. The van der Waals surface area contributed by atoms with Crippen LogP contribution in [-0.2, 0) is 21.2 Å². The molecule has 3 rings (SSSR count). The quantitative estimate of drug-likeness (QED) is 0.510. The minimum absolute atomic E-state index is 0.0658. The van der Waals surface area contributed by atoms with Gasteiger partial charge in [0.2, 0.25) is 5.91 Å². The molecule has 168 valence electrons. The molecule has 0 heterocycles. The number of carbonyl (C=O) groups excluding carboxylic acids is 1. The summed E-state index contributed by atoms with van der Waals surface area (Å²) >= 11 is 6.31. The molecule has 0 aliphatic carbocycles. The van der Waals surface area contributed by atoms with Gasteiger partial charge in [0, 0.05) is 17.5 Å². The van der Waals surface area contributed by atoms with Crippen LogP contribution >= 0.6 is 11.6 Å². The smallest absolute Gasteiger partial charge is 0.264 e. The molecule has 32 heavy (non-hydrogen) atoms. The van der Waals surface area contributed by atoms with E-state index in [-0.39, 0.29) is 10.6 Å². The second kappa shape index (κ2) is 9.93. The molecule has 0 aromatic heterocycles. The number of primary amides is 1. The SMILES string of the molecule is COc1ccc(S(=O)(=O)N(CC(N)=O)c2ccccc2Cc2ccccc2Cl)cc1OC. The molecule has 1 amide bonds. The highest BCUT2D eigenvalue weighted by atomic mass is 35.5. The van der Waals surface area contributed by atoms with Crippen molar-refractivity contribution in [3.63, 3.8) is 0 Å². The number of methoxy groups -OCH3 is 2. The highest BCUT2D eigenvalue weighted by Gasteiger charge is 2.29. The fraction of sp³-hybridized carbons (Fsp3) is 0.174. The zero-order valence-electron chi connectivity index (χ0n) is 17.6. The van der Waals surface area contributed by atoms with Gasteiger partial charge in [0.25, 0.3) is 10.0 Å². The van der Waals surface area contributed by atoms with E-state index < -0.39 is 22.5 Å². The second-order valence-electron chi connectivity index (χ2n) is 6.89. The lowest BCUT2D eigenvalue weighted by atomic mass is 10.0. The number of hydrogen-bond acceptors (Lipinski definition) is 5. The van der Waals surface area contributed by atoms with Crippen molar-refractivity contribution < 1.29 is 22.7 Å². The van der Waals surface area contributed by atoms with Gasteiger partial charge in [-0.15, -0.1) is 0 Å². The number of ether oxygens (including phenoxy) is 2. The molecular formula is C23H23ClN2O5S. The highest BCUT2D eigenvalue weighted by molar-refractivity contribution is 7.92. The summed E-state index contributed by atoms with van der Waals surface area (Å²) < 4.78 is 38.6. The van der Waals surface area contributed by atoms with E-state index in [0.29, 0.717) is 28.4 Å². The molecule has 0 spiro atoms. The lowest BCUT2D eigenvalue weighted by molar-refractivity contribution is -0.116. The number of hydrogen-bond donors (Lipinski definition) is 1. The first kappa shape index (κ1) is 23.4. The summed E-state index contributed by atoms with van der Waals surface area (Å²) in [5, 5.41) is 0.562. The summed E-state index contributed by atoms with van der Waals surface area (Å²) in [6, 6.07) is 18.4. The molecule has 0 aliphatic heterocycles. The maximum absolute atomic E-state index is 13.6. The Bertz CT molecular complexity index is 1230. The maximum Gasteiger partial charge on any atom is 0.264 e. The monoisotopic (exact) mass is 474 g/mol. The van der Waals surface area contributed by atoms with Gasteiger partial charge in [-0.3, -0.25) is 9.10 Å². The Morgan fingerprint density at radius 1 is 0.938 bits per heavy atom. The van der Waals surface area contributed by atoms with Crippen LogP contribution in [0.15, 0.2) is 71.6 Å². The third-order valence-electron chi connectivity index (χ3n) is 4.84. The number of benzene rings is 3. The van der Waals surface area contributed by atoms with Crippen LogP contribution in [0.5, 0.6) is 11.5 Å². The van der Waals surface area contributed by atoms with Crippen LogP contribution in [-0.4, -0.2) is 35.1 Å². The summed E-state index contributed by atoms with van der Waals surface area (Å²) in [4.78, 5) is 11.8. The molecule has 0 fully saturated rings. The molecule has 7 nitrogen and oxygen atoms in total. The summed E-state index contributed by atoms with van der Waals surface area (Å²) in [6.07, 6.45) is 0.368. The molecule has 0 aliphatic rings. The van der Waals surface area contributed by atoms with Crippen LogP contribution in [0.4, 0.5) is 5.69 Å². The van der Waals surface area contributed by atoms with Crippen LogP contribution in [0.3, 0.4) is 0 Å². The Labute approximate surface area is 192 Å². The number of halogens is 1. The van der Waals surface area contributed by atoms with Gasteiger partial charge in [-0.1, -0.05) is 48.0 Å².